The van der Waals surface area contributed by atoms with Gasteiger partial charge in [-0.3, -0.25) is 9.59 Å². The van der Waals surface area contributed by atoms with Gasteiger partial charge in [-0.25, -0.2) is 4.98 Å². The maximum atomic E-state index is 12.9. The number of carbonyl (C=O) groups is 2. The summed E-state index contributed by atoms with van der Waals surface area (Å²) in [5.74, 6) is 1.43. The second-order valence-corrected chi connectivity index (χ2v) is 9.97. The van der Waals surface area contributed by atoms with E-state index in [4.69, 9.17) is 10.00 Å². The van der Waals surface area contributed by atoms with Gasteiger partial charge in [0.25, 0.3) is 0 Å². The summed E-state index contributed by atoms with van der Waals surface area (Å²) < 4.78 is 5.82. The molecule has 35 heavy (non-hydrogen) atoms. The van der Waals surface area contributed by atoms with E-state index >= 15 is 0 Å². The lowest BCUT2D eigenvalue weighted by atomic mass is 9.82. The van der Waals surface area contributed by atoms with E-state index in [1.54, 1.807) is 6.07 Å². The Hall–Kier alpha value is -3.41. The number of carbonyl (C=O) groups excluding carboxylic acids is 2. The fraction of sp³-hybridized carbons (Fsp3) is 0.577. The molecule has 0 spiro atoms. The second kappa shape index (κ2) is 10.1. The molecule has 9 nitrogen and oxygen atoms in total. The highest BCUT2D eigenvalue weighted by Gasteiger charge is 2.38. The first-order chi connectivity index (χ1) is 17.0. The molecule has 182 valence electrons. The number of Topliss-reactive ketones (excluding diaryl/α,β-unsaturated/α-hetero) is 2. The quantitative estimate of drug-likeness (QED) is 0.500. The van der Waals surface area contributed by atoms with E-state index < -0.39 is 0 Å². The maximum Gasteiger partial charge on any atom is 0.321 e. The van der Waals surface area contributed by atoms with Crippen LogP contribution in [0.5, 0.6) is 6.01 Å². The van der Waals surface area contributed by atoms with Gasteiger partial charge in [0.15, 0.2) is 5.78 Å². The molecule has 2 saturated carbocycles. The Morgan fingerprint density at radius 2 is 1.91 bits per heavy atom. The number of rotatable bonds is 9. The van der Waals surface area contributed by atoms with Crippen LogP contribution in [0.2, 0.25) is 0 Å². The van der Waals surface area contributed by atoms with Crippen molar-refractivity contribution in [2.45, 2.75) is 57.8 Å². The van der Waals surface area contributed by atoms with Crippen LogP contribution in [0.4, 0.5) is 5.95 Å². The van der Waals surface area contributed by atoms with Gasteiger partial charge in [0.2, 0.25) is 17.6 Å². The highest BCUT2D eigenvalue weighted by Crippen LogP contribution is 2.38. The molecule has 3 fully saturated rings. The zero-order valence-electron chi connectivity index (χ0n) is 20.0. The number of hydrogen-bond donors (Lipinski definition) is 0. The van der Waals surface area contributed by atoms with E-state index in [1.165, 1.54) is 13.3 Å². The maximum absolute atomic E-state index is 12.9. The number of piperidine rings is 1. The molecular weight excluding hydrogens is 444 g/mol. The monoisotopic (exact) mass is 474 g/mol. The summed E-state index contributed by atoms with van der Waals surface area (Å²) in [6, 6.07) is 8.03. The lowest BCUT2D eigenvalue weighted by Gasteiger charge is -2.32. The van der Waals surface area contributed by atoms with Crippen molar-refractivity contribution in [3.63, 3.8) is 0 Å². The van der Waals surface area contributed by atoms with E-state index in [2.05, 4.69) is 30.9 Å². The fourth-order valence-electron chi connectivity index (χ4n) is 4.75. The van der Waals surface area contributed by atoms with Crippen LogP contribution < -0.4 is 9.64 Å². The second-order valence-electron chi connectivity index (χ2n) is 9.97. The van der Waals surface area contributed by atoms with Crippen molar-refractivity contribution in [1.82, 2.24) is 19.9 Å². The van der Waals surface area contributed by atoms with Gasteiger partial charge < -0.3 is 9.64 Å². The first-order valence-corrected chi connectivity index (χ1v) is 12.5. The van der Waals surface area contributed by atoms with Crippen LogP contribution in [0.15, 0.2) is 18.2 Å². The molecule has 0 radical (unpaired) electrons. The summed E-state index contributed by atoms with van der Waals surface area (Å²) in [5, 5.41) is 9.04. The van der Waals surface area contributed by atoms with Crippen LogP contribution in [0.1, 0.15) is 84.6 Å². The predicted octanol–water partition coefficient (Wildman–Crippen LogP) is 3.76. The molecule has 0 aromatic carbocycles. The molecule has 9 heteroatoms. The number of nitriles is 1. The minimum absolute atomic E-state index is 0.0326. The number of aromatic nitrogens is 4. The number of ether oxygens (including phenoxy) is 1. The molecular formula is C26H30N6O3. The molecule has 0 N–H and O–H groups in total. The number of pyridine rings is 1. The summed E-state index contributed by atoms with van der Waals surface area (Å²) in [7, 11) is 0. The molecule has 0 bridgehead atoms. The van der Waals surface area contributed by atoms with Gasteiger partial charge in [0.05, 0.1) is 18.6 Å². The molecule has 3 aliphatic rings. The van der Waals surface area contributed by atoms with Crippen molar-refractivity contribution in [3.8, 4) is 12.1 Å². The Morgan fingerprint density at radius 3 is 2.57 bits per heavy atom. The third-order valence-electron chi connectivity index (χ3n) is 7.39. The fourth-order valence-corrected chi connectivity index (χ4v) is 4.75. The zero-order valence-corrected chi connectivity index (χ0v) is 20.0. The third-order valence-corrected chi connectivity index (χ3v) is 7.39. The first kappa shape index (κ1) is 23.3. The summed E-state index contributed by atoms with van der Waals surface area (Å²) in [6.07, 6.45) is 6.31. The summed E-state index contributed by atoms with van der Waals surface area (Å²) in [6.45, 7) is 3.31. The van der Waals surface area contributed by atoms with Gasteiger partial charge in [-0.1, -0.05) is 12.5 Å². The molecule has 2 atom stereocenters. The lowest BCUT2D eigenvalue weighted by Crippen LogP contribution is -2.35. The topological polar surface area (TPSA) is 122 Å². The van der Waals surface area contributed by atoms with E-state index in [0.29, 0.717) is 43.7 Å². The number of anilines is 1. The van der Waals surface area contributed by atoms with Crippen LogP contribution in [0.25, 0.3) is 0 Å². The molecule has 5 rings (SSSR count). The normalized spacial score (nSPS) is 22.2. The van der Waals surface area contributed by atoms with Crippen molar-refractivity contribution in [3.05, 3.63) is 35.4 Å². The Labute approximate surface area is 205 Å². The summed E-state index contributed by atoms with van der Waals surface area (Å²) in [5.41, 5.74) is 1.43. The number of hydrogen-bond acceptors (Lipinski definition) is 9. The van der Waals surface area contributed by atoms with Gasteiger partial charge in [-0.15, -0.1) is 0 Å². The number of ketones is 2. The molecule has 0 unspecified atom stereocenters. The zero-order chi connectivity index (χ0) is 24.4. The average molecular weight is 475 g/mol. The predicted molar refractivity (Wildman–Crippen MR) is 127 cm³/mol. The largest absolute Gasteiger partial charge is 0.463 e. The first-order valence-electron chi connectivity index (χ1n) is 12.5. The molecule has 1 saturated heterocycles. The Kier molecular flexibility index (Phi) is 6.71. The average Bonchev–Trinajstić information content (AvgIpc) is 3.63. The molecule has 2 aliphatic carbocycles. The van der Waals surface area contributed by atoms with Crippen LogP contribution in [-0.4, -0.2) is 51.2 Å². The minimum Gasteiger partial charge on any atom is -0.463 e. The lowest BCUT2D eigenvalue weighted by molar-refractivity contribution is 0.0923. The number of nitrogens with zero attached hydrogens (tertiary/aromatic N) is 6. The third kappa shape index (κ3) is 5.47. The summed E-state index contributed by atoms with van der Waals surface area (Å²) >= 11 is 0. The molecule has 3 heterocycles. The van der Waals surface area contributed by atoms with Gasteiger partial charge in [0.1, 0.15) is 5.69 Å². The molecule has 0 amide bonds. The van der Waals surface area contributed by atoms with Crippen molar-refractivity contribution >= 4 is 17.5 Å². The van der Waals surface area contributed by atoms with E-state index in [0.717, 1.165) is 37.8 Å². The van der Waals surface area contributed by atoms with Crippen molar-refractivity contribution in [2.75, 3.05) is 24.6 Å². The smallest absolute Gasteiger partial charge is 0.321 e. The van der Waals surface area contributed by atoms with E-state index in [-0.39, 0.29) is 41.2 Å². The van der Waals surface area contributed by atoms with Gasteiger partial charge >= 0.3 is 6.01 Å². The summed E-state index contributed by atoms with van der Waals surface area (Å²) in [4.78, 5) is 44.6. The van der Waals surface area contributed by atoms with Crippen LogP contribution in [0.3, 0.4) is 0 Å². The highest BCUT2D eigenvalue weighted by atomic mass is 16.5. The Balaban J connectivity index is 1.29. The Morgan fingerprint density at radius 1 is 1.11 bits per heavy atom. The van der Waals surface area contributed by atoms with Gasteiger partial charge in [-0.05, 0) is 50.2 Å². The van der Waals surface area contributed by atoms with Gasteiger partial charge in [0, 0.05) is 44.0 Å². The Bertz CT molecular complexity index is 1150. The van der Waals surface area contributed by atoms with E-state index in [9.17, 15) is 9.59 Å². The molecule has 2 aromatic rings. The highest BCUT2D eigenvalue weighted by molar-refractivity contribution is 5.93. The minimum atomic E-state index is -0.0651. The SMILES string of the molecule is CC(=O)c1cccc(C2CCN(c3nc(OC[C@H]4C[C@H]4C#N)nc(C(=O)CC4CCC4)n3)CC2)n1. The van der Waals surface area contributed by atoms with Crippen LogP contribution in [0, 0.1) is 29.1 Å². The standard InChI is InChI=1S/C26H30N6O3/c1-16(33)21-6-3-7-22(28-21)18-8-10-32(11-9-18)25-29-24(23(34)12-17-4-2-5-17)30-26(31-25)35-15-20-13-19(20)14-27/h3,6-7,17-20H,2,4-5,8-13,15H2,1H3/t19-,20+/m0/s1. The van der Waals surface area contributed by atoms with Crippen LogP contribution >= 0.6 is 0 Å². The van der Waals surface area contributed by atoms with Crippen molar-refractivity contribution in [2.24, 2.45) is 17.8 Å². The van der Waals surface area contributed by atoms with Gasteiger partial charge in [-0.2, -0.15) is 20.2 Å². The molecule has 2 aromatic heterocycles. The van der Waals surface area contributed by atoms with Crippen LogP contribution in [-0.2, 0) is 0 Å². The molecule has 1 aliphatic heterocycles. The van der Waals surface area contributed by atoms with Crippen molar-refractivity contribution < 1.29 is 14.3 Å². The van der Waals surface area contributed by atoms with E-state index in [1.807, 2.05) is 12.1 Å². The van der Waals surface area contributed by atoms with Crippen molar-refractivity contribution in [1.29, 1.82) is 5.26 Å².